The average Bonchev–Trinajstić information content (AvgIpc) is 0.793. The van der Waals surface area contributed by atoms with Gasteiger partial charge in [0.25, 0.3) is 11.1 Å². The first kappa shape index (κ1) is 93.2. The van der Waals surface area contributed by atoms with Gasteiger partial charge in [-0.1, -0.05) is 205 Å². The number of amides is 20. The fourth-order valence-electron chi connectivity index (χ4n) is 12.7. The van der Waals surface area contributed by atoms with E-state index >= 15 is 0 Å². The summed E-state index contributed by atoms with van der Waals surface area (Å²) in [5.41, 5.74) is 0.537. The van der Waals surface area contributed by atoms with Gasteiger partial charge in [-0.2, -0.15) is 0 Å². The molecule has 598 valence electrons. The summed E-state index contributed by atoms with van der Waals surface area (Å²) in [5.74, 6) is -11.9. The molecule has 5 fully saturated rings. The van der Waals surface area contributed by atoms with Crippen molar-refractivity contribution in [3.05, 3.63) is 221 Å². The Bertz CT molecular complexity index is 4890. The first-order chi connectivity index (χ1) is 54.3. The molecule has 0 saturated carbocycles. The van der Waals surface area contributed by atoms with E-state index < -0.39 is 141 Å². The van der Waals surface area contributed by atoms with Gasteiger partial charge in [-0.15, -0.1) is 0 Å². The number of nitrogens with zero attached hydrogens (tertiary/aromatic N) is 8. The zero-order valence-electron chi connectivity index (χ0n) is 65.3. The molecule has 5 aromatic carbocycles. The molecule has 0 radical (unpaired) electrons. The van der Waals surface area contributed by atoms with Crippen LogP contribution in [0.5, 0.6) is 11.8 Å². The molecular weight excluding hydrogens is 1530 g/mol. The summed E-state index contributed by atoms with van der Waals surface area (Å²) in [4.78, 5) is 246. The normalized spacial score (nSPS) is 17.7. The van der Waals surface area contributed by atoms with Crippen LogP contribution in [-0.4, -0.2) is 190 Å². The number of benzene rings is 5. The Morgan fingerprint density at radius 2 is 0.698 bits per heavy atom. The molecule has 20 amide bonds. The second-order valence-corrected chi connectivity index (χ2v) is 26.8. The molecule has 35 nitrogen and oxygen atoms in total. The average molecular weight is 1610 g/mol. The van der Waals surface area contributed by atoms with Gasteiger partial charge >= 0.3 is 112 Å². The van der Waals surface area contributed by atoms with Gasteiger partial charge in [0.15, 0.2) is 0 Å². The second-order valence-electron chi connectivity index (χ2n) is 26.8. The predicted molar refractivity (Wildman–Crippen MR) is 402 cm³/mol. The predicted octanol–water partition coefficient (Wildman–Crippen LogP) is -1.77. The van der Waals surface area contributed by atoms with Crippen molar-refractivity contribution in [2.24, 2.45) is 17.8 Å². The number of carbonyl (C=O) groups is 15. The molecule has 5 aliphatic rings. The van der Waals surface area contributed by atoms with Gasteiger partial charge in [0.2, 0.25) is 59.1 Å². The monoisotopic (exact) mass is 1610 g/mol. The number of aromatic amines is 4. The van der Waals surface area contributed by atoms with Crippen molar-refractivity contribution in [2.75, 3.05) is 41.3 Å². The number of imide groups is 10. The molecule has 7 aromatic rings. The number of rotatable bonds is 21. The molecule has 0 bridgehead atoms. The van der Waals surface area contributed by atoms with Crippen molar-refractivity contribution in [3.8, 4) is 22.9 Å². The maximum atomic E-state index is 13.0. The van der Waals surface area contributed by atoms with E-state index in [1.54, 1.807) is 115 Å². The third-order valence-corrected chi connectivity index (χ3v) is 19.0. The molecule has 6 N–H and O–H groups in total. The summed E-state index contributed by atoms with van der Waals surface area (Å²) in [6, 6.07) is 37.1. The molecule has 116 heavy (non-hydrogen) atoms. The van der Waals surface area contributed by atoms with Crippen LogP contribution in [0.15, 0.2) is 165 Å². The zero-order chi connectivity index (χ0) is 83.4. The molecule has 4 unspecified atom stereocenters. The van der Waals surface area contributed by atoms with Gasteiger partial charge in [0, 0.05) is 53.3 Å². The van der Waals surface area contributed by atoms with E-state index in [-0.39, 0.29) is 126 Å². The number of nitrogens with one attached hydrogen (secondary N) is 6. The molecule has 2 aromatic heterocycles. The van der Waals surface area contributed by atoms with Gasteiger partial charge < -0.3 is 20.2 Å². The Morgan fingerprint density at radius 1 is 0.362 bits per heavy atom. The Morgan fingerprint density at radius 3 is 1.07 bits per heavy atom. The van der Waals surface area contributed by atoms with Gasteiger partial charge in [0.05, 0.1) is 18.7 Å². The van der Waals surface area contributed by atoms with Gasteiger partial charge in [-0.3, -0.25) is 117 Å². The quantitative estimate of drug-likeness (QED) is 0.0343. The first-order valence-corrected chi connectivity index (χ1v) is 36.4. The Balaban J connectivity index is 0.000000237. The summed E-state index contributed by atoms with van der Waals surface area (Å²) in [7, 11) is 5.57. The maximum Gasteiger partial charge on any atom is 1.00 e. The number of barbiturate groups is 5. The number of hydrogen-bond acceptors (Lipinski definition) is 21. The van der Waals surface area contributed by atoms with E-state index in [1.165, 1.54) is 28.2 Å². The molecule has 5 saturated heterocycles. The number of urea groups is 5. The summed E-state index contributed by atoms with van der Waals surface area (Å²) < 4.78 is 0. The van der Waals surface area contributed by atoms with Crippen molar-refractivity contribution in [1.29, 1.82) is 0 Å². The van der Waals surface area contributed by atoms with Crippen LogP contribution in [0.1, 0.15) is 124 Å². The Labute approximate surface area is 718 Å². The minimum absolute atomic E-state index is 0. The number of carbonyl (C=O) groups excluding carboxylic acids is 15. The fraction of sp³-hybridized carbons (Fsp3) is 0.329. The zero-order valence-corrected chi connectivity index (χ0v) is 68.4. The van der Waals surface area contributed by atoms with Crippen molar-refractivity contribution in [3.63, 3.8) is 0 Å². The third-order valence-electron chi connectivity index (χ3n) is 19.0. The van der Waals surface area contributed by atoms with Crippen LogP contribution in [0.25, 0.3) is 11.1 Å². The SMILES string of the molecule is CCCCC1C(=O)N(C)C(=O)N(C)C1=O.CCCCC1C(=O)N(C)C(=O)N(Cc2cccc(CN3C(=O)C(CCCC)C(=O)N(C)C3=O)c2)C1=O.O=C1NC(=O)N(CCN2C(=O)NC(=O)C(c3ccccc3)C2=O)C(=O)C1c1ccccc1.O=c1[nH]c([O-])c(-c2ccccc2)c(=O)[nH]1.O=c1[nH]c([O-])c(Cc2ccccc2)c(=O)[nH]1.[K+].[Li+]. The molecule has 37 heteroatoms. The first-order valence-electron chi connectivity index (χ1n) is 36.4. The van der Waals surface area contributed by atoms with E-state index in [4.69, 9.17) is 0 Å². The summed E-state index contributed by atoms with van der Waals surface area (Å²) in [6.45, 7) is 5.18. The van der Waals surface area contributed by atoms with E-state index in [1.807, 2.05) is 71.0 Å². The standard InChI is InChI=1S/C26H34N4O6.C22H18N4O6.C11H10N2O3.C10H8N2O3.C10H16N2O3.K.Li/c1-5-7-12-19-21(31)27(3)25(35)29(23(19)33)15-17-10-9-11-18(14-17)16-30-24(34)20(13-8-6-2)22(32)28(4)26(30)36;27-17-15(13-7-3-1-4-8-13)19(29)25(21(31)23-17)11-12-26-20(30)16(18(28)24-22(26)32)14-9-5-2-6-10-14;14-9-8(10(15)13-11(16)12-9)6-7-4-2-1-3-5-7;13-8-7(6-4-2-1-3-5-6)9(14)12-10(15)11-8;1-4-5-6-7-8(13)11(2)10(15)12(3)9(7)14;;/h9-11,14,19-20H,5-8,12-13,15-16H2,1-4H3;1-10,15-16H,11-12H2,(H,23,27,31)(H,24,28,32);1-5H,6H2,(H3,12,13,14,15,16);1-5H,(H3,11,12,13,14,15);7H,4-6H2,1-3H3;;/q;;;;;2*+1/p-2. The van der Waals surface area contributed by atoms with E-state index in [9.17, 15) is 101 Å². The minimum atomic E-state index is -1.22. The van der Waals surface area contributed by atoms with E-state index in [0.29, 0.717) is 59.9 Å². The maximum absolute atomic E-state index is 13.0. The molecular formula is C79H84KLiN14O21. The summed E-state index contributed by atoms with van der Waals surface area (Å²) in [5, 5.41) is 27.0. The van der Waals surface area contributed by atoms with Crippen molar-refractivity contribution in [2.45, 2.75) is 110 Å². The number of hydrogen-bond donors (Lipinski definition) is 6. The molecule has 12 rings (SSSR count). The molecule has 7 heterocycles. The third kappa shape index (κ3) is 22.7. The number of unbranched alkanes of at least 4 members (excludes halogenated alkanes) is 3. The van der Waals surface area contributed by atoms with Crippen LogP contribution < -0.4 is 114 Å². The molecule has 0 spiro atoms. The van der Waals surface area contributed by atoms with Crippen LogP contribution in [0.3, 0.4) is 0 Å². The van der Waals surface area contributed by atoms with Crippen molar-refractivity contribution >= 4 is 89.2 Å². The Hall–Kier alpha value is -11.7. The van der Waals surface area contributed by atoms with Crippen molar-refractivity contribution in [1.82, 2.24) is 69.8 Å². The van der Waals surface area contributed by atoms with Gasteiger partial charge in [-0.25, -0.2) is 33.6 Å². The minimum Gasteiger partial charge on any atom is -0.860 e. The number of H-pyrrole nitrogens is 4. The molecule has 4 atom stereocenters. The topological polar surface area (TPSA) is 484 Å². The summed E-state index contributed by atoms with van der Waals surface area (Å²) in [6.07, 6.45) is 6.29. The summed E-state index contributed by atoms with van der Waals surface area (Å²) >= 11 is 0. The van der Waals surface area contributed by atoms with E-state index in [0.717, 1.165) is 70.4 Å². The molecule has 0 aliphatic carbocycles. The number of aromatic nitrogens is 4. The largest absolute Gasteiger partial charge is 1.00 e. The van der Waals surface area contributed by atoms with Crippen molar-refractivity contribution < 1.29 is 152 Å². The van der Waals surface area contributed by atoms with Crippen LogP contribution in [0, 0.1) is 17.8 Å². The van der Waals surface area contributed by atoms with Crippen LogP contribution >= 0.6 is 0 Å². The van der Waals surface area contributed by atoms with Gasteiger partial charge in [-0.05, 0) is 64.4 Å². The van der Waals surface area contributed by atoms with Gasteiger partial charge in [0.1, 0.15) is 29.6 Å². The van der Waals surface area contributed by atoms with E-state index in [2.05, 4.69) is 10.6 Å². The van der Waals surface area contributed by atoms with Crippen LogP contribution in [-0.2, 0) is 67.5 Å². The second kappa shape index (κ2) is 43.2. The van der Waals surface area contributed by atoms with Crippen LogP contribution in [0.4, 0.5) is 24.0 Å². The molecule has 5 aliphatic heterocycles. The fourth-order valence-corrected chi connectivity index (χ4v) is 12.7. The van der Waals surface area contributed by atoms with Crippen LogP contribution in [0.2, 0.25) is 0 Å². The Kier molecular flexibility index (Phi) is 34.7. The smallest absolute Gasteiger partial charge is 0.860 e.